The SMILES string of the molecule is CCCCCCCCCCCCC(CN)CO. The first-order valence-electron chi connectivity index (χ1n) is 7.66. The highest BCUT2D eigenvalue weighted by atomic mass is 16.3. The van der Waals surface area contributed by atoms with Crippen LogP contribution in [0.1, 0.15) is 77.6 Å². The van der Waals surface area contributed by atoms with Crippen molar-refractivity contribution in [2.45, 2.75) is 77.6 Å². The van der Waals surface area contributed by atoms with Crippen LogP contribution in [0.2, 0.25) is 0 Å². The Bertz CT molecular complexity index is 135. The maximum Gasteiger partial charge on any atom is 0.0471 e. The van der Waals surface area contributed by atoms with Crippen molar-refractivity contribution in [2.24, 2.45) is 11.7 Å². The number of unbranched alkanes of at least 4 members (excludes halogenated alkanes) is 9. The summed E-state index contributed by atoms with van der Waals surface area (Å²) in [5.74, 6) is 0.337. The zero-order valence-electron chi connectivity index (χ0n) is 11.8. The second-order valence-electron chi connectivity index (χ2n) is 5.25. The molecule has 2 nitrogen and oxygen atoms in total. The van der Waals surface area contributed by atoms with E-state index in [1.807, 2.05) is 0 Å². The molecule has 0 spiro atoms. The van der Waals surface area contributed by atoms with E-state index in [4.69, 9.17) is 10.8 Å². The van der Waals surface area contributed by atoms with Crippen molar-refractivity contribution in [1.82, 2.24) is 0 Å². The predicted molar refractivity (Wildman–Crippen MR) is 76.1 cm³/mol. The van der Waals surface area contributed by atoms with E-state index in [1.54, 1.807) is 0 Å². The van der Waals surface area contributed by atoms with E-state index >= 15 is 0 Å². The first kappa shape index (κ1) is 16.9. The van der Waals surface area contributed by atoms with Crippen LogP contribution < -0.4 is 5.73 Å². The summed E-state index contributed by atoms with van der Waals surface area (Å²) < 4.78 is 0. The first-order valence-corrected chi connectivity index (χ1v) is 7.66. The molecule has 104 valence electrons. The van der Waals surface area contributed by atoms with Gasteiger partial charge in [0.15, 0.2) is 0 Å². The van der Waals surface area contributed by atoms with Crippen molar-refractivity contribution in [1.29, 1.82) is 0 Å². The lowest BCUT2D eigenvalue weighted by atomic mass is 10.0. The van der Waals surface area contributed by atoms with E-state index in [2.05, 4.69) is 6.92 Å². The molecule has 0 aliphatic carbocycles. The summed E-state index contributed by atoms with van der Waals surface area (Å²) >= 11 is 0. The molecule has 0 bridgehead atoms. The molecule has 0 aromatic heterocycles. The van der Waals surface area contributed by atoms with E-state index in [0.29, 0.717) is 12.5 Å². The number of aliphatic hydroxyl groups excluding tert-OH is 1. The van der Waals surface area contributed by atoms with Gasteiger partial charge in [-0.15, -0.1) is 0 Å². The monoisotopic (exact) mass is 243 g/mol. The van der Waals surface area contributed by atoms with Crippen LogP contribution in [-0.4, -0.2) is 18.3 Å². The number of rotatable bonds is 13. The normalized spacial score (nSPS) is 12.9. The van der Waals surface area contributed by atoms with Crippen molar-refractivity contribution in [3.63, 3.8) is 0 Å². The minimum Gasteiger partial charge on any atom is -0.396 e. The Kier molecular flexibility index (Phi) is 13.9. The molecule has 0 fully saturated rings. The molecule has 0 aromatic rings. The Morgan fingerprint density at radius 1 is 0.824 bits per heavy atom. The minimum absolute atomic E-state index is 0.258. The molecule has 0 rings (SSSR count). The van der Waals surface area contributed by atoms with Gasteiger partial charge in [-0.1, -0.05) is 71.1 Å². The molecule has 1 unspecified atom stereocenters. The van der Waals surface area contributed by atoms with Crippen molar-refractivity contribution < 1.29 is 5.11 Å². The second kappa shape index (κ2) is 14.0. The van der Waals surface area contributed by atoms with Crippen LogP contribution in [0, 0.1) is 5.92 Å². The third kappa shape index (κ3) is 12.2. The number of hydrogen-bond donors (Lipinski definition) is 2. The molecule has 0 heterocycles. The van der Waals surface area contributed by atoms with Gasteiger partial charge in [-0.2, -0.15) is 0 Å². The molecular formula is C15H33NO. The van der Waals surface area contributed by atoms with Gasteiger partial charge < -0.3 is 10.8 Å². The van der Waals surface area contributed by atoms with Crippen LogP contribution >= 0.6 is 0 Å². The molecule has 17 heavy (non-hydrogen) atoms. The molecule has 0 saturated heterocycles. The smallest absolute Gasteiger partial charge is 0.0471 e. The standard InChI is InChI=1S/C15H33NO/c1-2-3-4-5-6-7-8-9-10-11-12-15(13-16)14-17/h15,17H,2-14,16H2,1H3. The van der Waals surface area contributed by atoms with E-state index in [-0.39, 0.29) is 6.61 Å². The quantitative estimate of drug-likeness (QED) is 0.482. The van der Waals surface area contributed by atoms with E-state index in [0.717, 1.165) is 6.42 Å². The summed E-state index contributed by atoms with van der Waals surface area (Å²) in [7, 11) is 0. The molecule has 0 aliphatic rings. The Labute approximate surface area is 108 Å². The number of nitrogens with two attached hydrogens (primary N) is 1. The topological polar surface area (TPSA) is 46.2 Å². The third-order valence-corrected chi connectivity index (χ3v) is 3.56. The Morgan fingerprint density at radius 3 is 1.71 bits per heavy atom. The molecule has 0 aliphatic heterocycles. The highest BCUT2D eigenvalue weighted by Crippen LogP contribution is 2.13. The summed E-state index contributed by atoms with van der Waals surface area (Å²) in [6.07, 6.45) is 14.8. The number of aliphatic hydroxyl groups is 1. The van der Waals surface area contributed by atoms with Crippen LogP contribution in [0.4, 0.5) is 0 Å². The Morgan fingerprint density at radius 2 is 1.29 bits per heavy atom. The summed E-state index contributed by atoms with van der Waals surface area (Å²) in [5, 5.41) is 8.99. The summed E-state index contributed by atoms with van der Waals surface area (Å²) in [6.45, 7) is 3.16. The summed E-state index contributed by atoms with van der Waals surface area (Å²) in [4.78, 5) is 0. The van der Waals surface area contributed by atoms with Gasteiger partial charge in [-0.3, -0.25) is 0 Å². The maximum atomic E-state index is 8.99. The van der Waals surface area contributed by atoms with Gasteiger partial charge in [0.25, 0.3) is 0 Å². The van der Waals surface area contributed by atoms with Gasteiger partial charge >= 0.3 is 0 Å². The predicted octanol–water partition coefficient (Wildman–Crippen LogP) is 3.86. The summed E-state index contributed by atoms with van der Waals surface area (Å²) in [6, 6.07) is 0. The van der Waals surface area contributed by atoms with Crippen LogP contribution in [0.3, 0.4) is 0 Å². The molecule has 0 saturated carbocycles. The second-order valence-corrected chi connectivity index (χ2v) is 5.25. The third-order valence-electron chi connectivity index (χ3n) is 3.56. The average Bonchev–Trinajstić information content (AvgIpc) is 2.36. The molecule has 0 amide bonds. The van der Waals surface area contributed by atoms with Crippen LogP contribution in [0.5, 0.6) is 0 Å². The zero-order chi connectivity index (χ0) is 12.8. The van der Waals surface area contributed by atoms with Gasteiger partial charge in [0.1, 0.15) is 0 Å². The zero-order valence-corrected chi connectivity index (χ0v) is 11.8. The summed E-state index contributed by atoms with van der Waals surface area (Å²) in [5.41, 5.74) is 5.54. The first-order chi connectivity index (χ1) is 8.35. The Balaban J connectivity index is 3.03. The van der Waals surface area contributed by atoms with Crippen molar-refractivity contribution in [2.75, 3.05) is 13.2 Å². The fraction of sp³-hybridized carbons (Fsp3) is 1.00. The molecule has 2 heteroatoms. The highest BCUT2D eigenvalue weighted by Gasteiger charge is 2.03. The van der Waals surface area contributed by atoms with Crippen LogP contribution in [0.15, 0.2) is 0 Å². The van der Waals surface area contributed by atoms with Crippen molar-refractivity contribution in [3.8, 4) is 0 Å². The fourth-order valence-corrected chi connectivity index (χ4v) is 2.20. The van der Waals surface area contributed by atoms with Gasteiger partial charge in [0.05, 0.1) is 0 Å². The van der Waals surface area contributed by atoms with Crippen molar-refractivity contribution >= 4 is 0 Å². The average molecular weight is 243 g/mol. The Hall–Kier alpha value is -0.0800. The highest BCUT2D eigenvalue weighted by molar-refractivity contribution is 4.58. The fourth-order valence-electron chi connectivity index (χ4n) is 2.20. The van der Waals surface area contributed by atoms with Gasteiger partial charge in [0.2, 0.25) is 0 Å². The minimum atomic E-state index is 0.258. The molecule has 1 atom stereocenters. The van der Waals surface area contributed by atoms with Crippen LogP contribution in [-0.2, 0) is 0 Å². The van der Waals surface area contributed by atoms with E-state index in [1.165, 1.54) is 64.2 Å². The lowest BCUT2D eigenvalue weighted by Gasteiger charge is -2.10. The van der Waals surface area contributed by atoms with E-state index in [9.17, 15) is 0 Å². The van der Waals surface area contributed by atoms with Gasteiger partial charge in [-0.25, -0.2) is 0 Å². The lowest BCUT2D eigenvalue weighted by molar-refractivity contribution is 0.219. The van der Waals surface area contributed by atoms with Gasteiger partial charge in [0, 0.05) is 6.61 Å². The number of hydrogen-bond acceptors (Lipinski definition) is 2. The van der Waals surface area contributed by atoms with Gasteiger partial charge in [-0.05, 0) is 18.9 Å². The maximum absolute atomic E-state index is 8.99. The largest absolute Gasteiger partial charge is 0.396 e. The van der Waals surface area contributed by atoms with Crippen LogP contribution in [0.25, 0.3) is 0 Å². The molecule has 0 aromatic carbocycles. The van der Waals surface area contributed by atoms with Crippen molar-refractivity contribution in [3.05, 3.63) is 0 Å². The molecular weight excluding hydrogens is 210 g/mol. The lowest BCUT2D eigenvalue weighted by Crippen LogP contribution is -2.17. The molecule has 3 N–H and O–H groups in total. The van der Waals surface area contributed by atoms with E-state index < -0.39 is 0 Å². The molecule has 0 radical (unpaired) electrons.